The molecule has 0 spiro atoms. The van der Waals surface area contributed by atoms with E-state index in [2.05, 4.69) is 16.8 Å². The number of hydrogen-bond donors (Lipinski definition) is 1. The summed E-state index contributed by atoms with van der Waals surface area (Å²) >= 11 is 0. The SMILES string of the molecule is CCN1CCC(Cc2nc(CO)co2)C1. The van der Waals surface area contributed by atoms with Crippen molar-refractivity contribution in [2.45, 2.75) is 26.4 Å². The summed E-state index contributed by atoms with van der Waals surface area (Å²) in [5.41, 5.74) is 0.635. The fourth-order valence-corrected chi connectivity index (χ4v) is 2.13. The number of aromatic nitrogens is 1. The second-order valence-electron chi connectivity index (χ2n) is 4.14. The zero-order valence-corrected chi connectivity index (χ0v) is 9.15. The molecule has 0 bridgehead atoms. The lowest BCUT2D eigenvalue weighted by atomic mass is 10.1. The molecule has 0 saturated carbocycles. The van der Waals surface area contributed by atoms with Crippen LogP contribution in [-0.2, 0) is 13.0 Å². The van der Waals surface area contributed by atoms with Gasteiger partial charge in [0.2, 0.25) is 0 Å². The molecule has 0 amide bonds. The maximum atomic E-state index is 8.86. The second kappa shape index (κ2) is 4.77. The first-order valence-corrected chi connectivity index (χ1v) is 5.58. The first kappa shape index (κ1) is 10.6. The van der Waals surface area contributed by atoms with Gasteiger partial charge in [-0.3, -0.25) is 0 Å². The van der Waals surface area contributed by atoms with Gasteiger partial charge in [-0.1, -0.05) is 6.92 Å². The van der Waals surface area contributed by atoms with E-state index < -0.39 is 0 Å². The van der Waals surface area contributed by atoms with Gasteiger partial charge in [-0.2, -0.15) is 0 Å². The van der Waals surface area contributed by atoms with Gasteiger partial charge in [0.05, 0.1) is 6.61 Å². The summed E-state index contributed by atoms with van der Waals surface area (Å²) in [5.74, 6) is 1.43. The third-order valence-electron chi connectivity index (χ3n) is 3.04. The molecular weight excluding hydrogens is 192 g/mol. The molecule has 1 aromatic rings. The van der Waals surface area contributed by atoms with Gasteiger partial charge >= 0.3 is 0 Å². The van der Waals surface area contributed by atoms with E-state index in [0.29, 0.717) is 11.6 Å². The van der Waals surface area contributed by atoms with Gasteiger partial charge in [-0.15, -0.1) is 0 Å². The molecule has 0 aliphatic carbocycles. The lowest BCUT2D eigenvalue weighted by molar-refractivity contribution is 0.276. The van der Waals surface area contributed by atoms with Crippen molar-refractivity contribution in [3.63, 3.8) is 0 Å². The predicted molar refractivity (Wildman–Crippen MR) is 56.4 cm³/mol. The molecule has 0 aromatic carbocycles. The zero-order chi connectivity index (χ0) is 10.7. The molecule has 1 aliphatic rings. The van der Waals surface area contributed by atoms with Crippen LogP contribution >= 0.6 is 0 Å². The summed E-state index contributed by atoms with van der Waals surface area (Å²) in [7, 11) is 0. The third-order valence-corrected chi connectivity index (χ3v) is 3.04. The highest BCUT2D eigenvalue weighted by molar-refractivity contribution is 4.96. The maximum Gasteiger partial charge on any atom is 0.194 e. The molecule has 4 nitrogen and oxygen atoms in total. The Morgan fingerprint density at radius 2 is 2.53 bits per heavy atom. The van der Waals surface area contributed by atoms with Crippen molar-refractivity contribution in [2.24, 2.45) is 5.92 Å². The Morgan fingerprint density at radius 3 is 3.13 bits per heavy atom. The van der Waals surface area contributed by atoms with Crippen LogP contribution in [0.3, 0.4) is 0 Å². The van der Waals surface area contributed by atoms with E-state index >= 15 is 0 Å². The Bertz CT molecular complexity index is 311. The number of nitrogens with zero attached hydrogens (tertiary/aromatic N) is 2. The van der Waals surface area contributed by atoms with Crippen molar-refractivity contribution in [1.29, 1.82) is 0 Å². The molecular formula is C11H18N2O2. The predicted octanol–water partition coefficient (Wildman–Crippen LogP) is 1.05. The first-order valence-electron chi connectivity index (χ1n) is 5.58. The van der Waals surface area contributed by atoms with Crippen molar-refractivity contribution in [1.82, 2.24) is 9.88 Å². The average Bonchev–Trinajstić information content (AvgIpc) is 2.87. The van der Waals surface area contributed by atoms with Crippen molar-refractivity contribution in [3.05, 3.63) is 17.8 Å². The Morgan fingerprint density at radius 1 is 1.67 bits per heavy atom. The van der Waals surface area contributed by atoms with Crippen LogP contribution in [0.15, 0.2) is 10.7 Å². The molecule has 2 rings (SSSR count). The van der Waals surface area contributed by atoms with E-state index in [0.717, 1.165) is 25.4 Å². The molecule has 1 unspecified atom stereocenters. The lowest BCUT2D eigenvalue weighted by Crippen LogP contribution is -2.20. The summed E-state index contributed by atoms with van der Waals surface area (Å²) in [5, 5.41) is 8.86. The van der Waals surface area contributed by atoms with Crippen LogP contribution in [0.4, 0.5) is 0 Å². The maximum absolute atomic E-state index is 8.86. The smallest absolute Gasteiger partial charge is 0.194 e. The van der Waals surface area contributed by atoms with E-state index in [9.17, 15) is 0 Å². The molecule has 1 aliphatic heterocycles. The lowest BCUT2D eigenvalue weighted by Gasteiger charge is -2.11. The van der Waals surface area contributed by atoms with Crippen molar-refractivity contribution < 1.29 is 9.52 Å². The van der Waals surface area contributed by atoms with Crippen molar-refractivity contribution >= 4 is 0 Å². The van der Waals surface area contributed by atoms with Crippen LogP contribution in [0.25, 0.3) is 0 Å². The largest absolute Gasteiger partial charge is 0.449 e. The molecule has 84 valence electrons. The highest BCUT2D eigenvalue weighted by Gasteiger charge is 2.22. The minimum Gasteiger partial charge on any atom is -0.449 e. The number of rotatable bonds is 4. The number of likely N-dealkylation sites (tertiary alicyclic amines) is 1. The minimum atomic E-state index is -0.0325. The van der Waals surface area contributed by atoms with Gasteiger partial charge in [-0.25, -0.2) is 4.98 Å². The van der Waals surface area contributed by atoms with Crippen LogP contribution in [0, 0.1) is 5.92 Å². The Hall–Kier alpha value is -0.870. The standard InChI is InChI=1S/C11H18N2O2/c1-2-13-4-3-9(6-13)5-11-12-10(7-14)8-15-11/h8-9,14H,2-7H2,1H3. The molecule has 2 heterocycles. The van der Waals surface area contributed by atoms with Crippen LogP contribution in [0.1, 0.15) is 24.9 Å². The molecule has 1 fully saturated rings. The quantitative estimate of drug-likeness (QED) is 0.807. The van der Waals surface area contributed by atoms with Gasteiger partial charge in [0.1, 0.15) is 12.0 Å². The van der Waals surface area contributed by atoms with Crippen molar-refractivity contribution in [3.8, 4) is 0 Å². The van der Waals surface area contributed by atoms with E-state index in [1.54, 1.807) is 6.26 Å². The Kier molecular flexibility index (Phi) is 3.38. The molecule has 0 radical (unpaired) electrons. The third kappa shape index (κ3) is 2.58. The summed E-state index contributed by atoms with van der Waals surface area (Å²) in [6, 6.07) is 0. The Balaban J connectivity index is 1.87. The molecule has 1 atom stereocenters. The van der Waals surface area contributed by atoms with Gasteiger partial charge < -0.3 is 14.4 Å². The second-order valence-corrected chi connectivity index (χ2v) is 4.14. The number of aliphatic hydroxyl groups excluding tert-OH is 1. The van der Waals surface area contributed by atoms with Gasteiger partial charge in [-0.05, 0) is 25.4 Å². The van der Waals surface area contributed by atoms with E-state index in [1.807, 2.05) is 0 Å². The van der Waals surface area contributed by atoms with Crippen molar-refractivity contribution in [2.75, 3.05) is 19.6 Å². The molecule has 1 aromatic heterocycles. The topological polar surface area (TPSA) is 49.5 Å². The highest BCUT2D eigenvalue weighted by Crippen LogP contribution is 2.20. The monoisotopic (exact) mass is 210 g/mol. The molecule has 15 heavy (non-hydrogen) atoms. The molecule has 4 heteroatoms. The van der Waals surface area contributed by atoms with E-state index in [4.69, 9.17) is 9.52 Å². The normalized spacial score (nSPS) is 22.4. The summed E-state index contributed by atoms with van der Waals surface area (Å²) in [6.07, 6.45) is 3.67. The highest BCUT2D eigenvalue weighted by atomic mass is 16.3. The van der Waals surface area contributed by atoms with Crippen LogP contribution in [0.2, 0.25) is 0 Å². The van der Waals surface area contributed by atoms with E-state index in [1.165, 1.54) is 13.0 Å². The van der Waals surface area contributed by atoms with Crippen LogP contribution < -0.4 is 0 Å². The van der Waals surface area contributed by atoms with E-state index in [-0.39, 0.29) is 6.61 Å². The molecule has 1 N–H and O–H groups in total. The summed E-state index contributed by atoms with van der Waals surface area (Å²) in [4.78, 5) is 6.65. The first-order chi connectivity index (χ1) is 7.31. The summed E-state index contributed by atoms with van der Waals surface area (Å²) < 4.78 is 5.30. The minimum absolute atomic E-state index is 0.0325. The average molecular weight is 210 g/mol. The van der Waals surface area contributed by atoms with Gasteiger partial charge in [0.15, 0.2) is 5.89 Å². The Labute approximate surface area is 89.9 Å². The van der Waals surface area contributed by atoms with Gasteiger partial charge in [0.25, 0.3) is 0 Å². The fraction of sp³-hybridized carbons (Fsp3) is 0.727. The van der Waals surface area contributed by atoms with Gasteiger partial charge in [0, 0.05) is 13.0 Å². The zero-order valence-electron chi connectivity index (χ0n) is 9.15. The summed E-state index contributed by atoms with van der Waals surface area (Å²) in [6.45, 7) is 5.62. The molecule has 1 saturated heterocycles. The van der Waals surface area contributed by atoms with Crippen LogP contribution in [0.5, 0.6) is 0 Å². The number of aliphatic hydroxyl groups is 1. The number of oxazole rings is 1. The number of hydrogen-bond acceptors (Lipinski definition) is 4. The fourth-order valence-electron chi connectivity index (χ4n) is 2.13. The van der Waals surface area contributed by atoms with Crippen LogP contribution in [-0.4, -0.2) is 34.6 Å².